The third kappa shape index (κ3) is 1.29. The highest BCUT2D eigenvalue weighted by Gasteiger charge is 2.32. The van der Waals surface area contributed by atoms with Crippen molar-refractivity contribution in [2.24, 2.45) is 0 Å². The normalized spacial score (nSPS) is 14.6. The number of fused-ring (bicyclic) bond motifs is 4. The number of anilines is 1. The third-order valence-corrected chi connectivity index (χ3v) is 3.92. The number of ketones is 1. The van der Waals surface area contributed by atoms with Gasteiger partial charge in [-0.2, -0.15) is 0 Å². The molecule has 3 aromatic rings. The van der Waals surface area contributed by atoms with Gasteiger partial charge in [-0.15, -0.1) is 0 Å². The molecule has 0 bridgehead atoms. The molecule has 1 amide bonds. The van der Waals surface area contributed by atoms with E-state index in [9.17, 15) is 9.59 Å². The number of Topliss-reactive ketones (excluding diaryl/α,β-unsaturated/α-hetero) is 1. The van der Waals surface area contributed by atoms with Gasteiger partial charge in [0.05, 0.1) is 5.56 Å². The van der Waals surface area contributed by atoms with Crippen molar-refractivity contribution in [2.75, 3.05) is 3.88 Å². The maximum Gasteiger partial charge on any atom is 0.323 e. The number of carbonyl (C=O) groups excluding carboxylic acids is 2. The predicted molar refractivity (Wildman–Crippen MR) is 71.3 cm³/mol. The number of para-hydroxylation sites is 1. The van der Waals surface area contributed by atoms with Gasteiger partial charge in [-0.05, 0) is 18.2 Å². The lowest BCUT2D eigenvalue weighted by molar-refractivity contribution is -0.113. The van der Waals surface area contributed by atoms with Gasteiger partial charge >= 0.3 is 16.5 Å². The van der Waals surface area contributed by atoms with Crippen molar-refractivity contribution < 1.29 is 14.0 Å². The molecule has 2 heterocycles. The summed E-state index contributed by atoms with van der Waals surface area (Å²) in [6, 6.07) is 11.1. The molecule has 0 saturated heterocycles. The van der Waals surface area contributed by atoms with Gasteiger partial charge in [-0.3, -0.25) is 9.59 Å². The van der Waals surface area contributed by atoms with Crippen LogP contribution in [0.3, 0.4) is 0 Å². The summed E-state index contributed by atoms with van der Waals surface area (Å²) in [5.74, 6) is -1.02. The molecular formula is C14H6AlNO3. The van der Waals surface area contributed by atoms with E-state index < -0.39 is 11.7 Å². The highest BCUT2D eigenvalue weighted by Crippen LogP contribution is 2.36. The fourth-order valence-corrected chi connectivity index (χ4v) is 2.81. The Morgan fingerprint density at radius 3 is 2.63 bits per heavy atom. The molecule has 4 nitrogen and oxygen atoms in total. The van der Waals surface area contributed by atoms with Gasteiger partial charge < -0.3 is 8.30 Å². The molecule has 0 fully saturated rings. The second kappa shape index (κ2) is 3.47. The largest absolute Gasteiger partial charge is 0.456 e. The van der Waals surface area contributed by atoms with Crippen molar-refractivity contribution in [1.82, 2.24) is 0 Å². The Kier molecular flexibility index (Phi) is 1.98. The van der Waals surface area contributed by atoms with E-state index in [1.54, 1.807) is 6.07 Å². The van der Waals surface area contributed by atoms with Crippen molar-refractivity contribution in [3.05, 3.63) is 42.0 Å². The van der Waals surface area contributed by atoms with Crippen LogP contribution >= 0.6 is 0 Å². The van der Waals surface area contributed by atoms with Gasteiger partial charge in [0.1, 0.15) is 11.2 Å². The summed E-state index contributed by atoms with van der Waals surface area (Å²) in [6.07, 6.45) is 0. The molecule has 4 rings (SSSR count). The Morgan fingerprint density at radius 2 is 1.79 bits per heavy atom. The van der Waals surface area contributed by atoms with E-state index in [0.29, 0.717) is 16.8 Å². The van der Waals surface area contributed by atoms with Crippen LogP contribution in [0.25, 0.3) is 21.9 Å². The highest BCUT2D eigenvalue weighted by molar-refractivity contribution is 6.60. The number of nitrogens with zero attached hydrogens (tertiary/aromatic N) is 1. The van der Waals surface area contributed by atoms with Crippen molar-refractivity contribution in [3.8, 4) is 0 Å². The van der Waals surface area contributed by atoms with Crippen LogP contribution in [-0.2, 0) is 4.79 Å². The van der Waals surface area contributed by atoms with Crippen molar-refractivity contribution >= 4 is 55.8 Å². The second-order valence-corrected chi connectivity index (χ2v) is 4.98. The minimum atomic E-state index is -0.531. The Bertz CT molecular complexity index is 881. The molecule has 0 unspecified atom stereocenters. The van der Waals surface area contributed by atoms with Crippen LogP contribution in [0.15, 0.2) is 40.8 Å². The van der Waals surface area contributed by atoms with Gasteiger partial charge in [0, 0.05) is 16.5 Å². The molecule has 88 valence electrons. The number of amides is 1. The van der Waals surface area contributed by atoms with Crippen LogP contribution in [-0.4, -0.2) is 28.2 Å². The molecule has 1 aromatic heterocycles. The summed E-state index contributed by atoms with van der Waals surface area (Å²) in [6.45, 7) is 0. The number of hydrogen-bond donors (Lipinski definition) is 0. The summed E-state index contributed by atoms with van der Waals surface area (Å²) < 4.78 is 7.01. The monoisotopic (exact) mass is 263 g/mol. The summed E-state index contributed by atoms with van der Waals surface area (Å²) in [4.78, 5) is 23.5. The second-order valence-electron chi connectivity index (χ2n) is 4.47. The standard InChI is InChI=1S/C14H7NO3.Al/c16-13-9-6-12-8(5-10(9)15-14(13)17)7-3-1-2-4-11(7)18-12;/h1-6H,(H,15,16,17);/q;+1/p-1. The van der Waals surface area contributed by atoms with E-state index in [2.05, 4.69) is 16.5 Å². The van der Waals surface area contributed by atoms with Crippen molar-refractivity contribution in [2.45, 2.75) is 0 Å². The molecule has 0 N–H and O–H groups in total. The van der Waals surface area contributed by atoms with E-state index in [1.165, 1.54) is 3.88 Å². The number of furan rings is 1. The SMILES string of the molecule is O=C1C(=O)[N]([Al])c2cc3c(cc21)oc1ccccc13. The first-order valence-electron chi connectivity index (χ1n) is 5.75. The zero-order valence-corrected chi connectivity index (χ0v) is 10.9. The fourth-order valence-electron chi connectivity index (χ4n) is 2.48. The number of rotatable bonds is 0. The lowest BCUT2D eigenvalue weighted by atomic mass is 10.1. The van der Waals surface area contributed by atoms with Crippen molar-refractivity contribution in [1.29, 1.82) is 0 Å². The van der Waals surface area contributed by atoms with Crippen LogP contribution in [0.4, 0.5) is 5.69 Å². The Morgan fingerprint density at radius 1 is 1.00 bits per heavy atom. The quantitative estimate of drug-likeness (QED) is 0.461. The number of carbonyl (C=O) groups is 2. The third-order valence-electron chi connectivity index (χ3n) is 3.41. The molecule has 0 spiro atoms. The fraction of sp³-hybridized carbons (Fsp3) is 0. The van der Waals surface area contributed by atoms with Crippen LogP contribution in [0, 0.1) is 0 Å². The van der Waals surface area contributed by atoms with E-state index in [1.807, 2.05) is 30.3 Å². The lowest BCUT2D eigenvalue weighted by Gasteiger charge is -2.10. The van der Waals surface area contributed by atoms with Crippen LogP contribution in [0.2, 0.25) is 0 Å². The highest BCUT2D eigenvalue weighted by atomic mass is 27.1. The van der Waals surface area contributed by atoms with Crippen LogP contribution < -0.4 is 3.88 Å². The minimum absolute atomic E-state index is 0.395. The van der Waals surface area contributed by atoms with E-state index in [4.69, 9.17) is 4.42 Å². The predicted octanol–water partition coefficient (Wildman–Crippen LogP) is 2.20. The minimum Gasteiger partial charge on any atom is -0.456 e. The van der Waals surface area contributed by atoms with E-state index in [-0.39, 0.29) is 0 Å². The summed E-state index contributed by atoms with van der Waals surface area (Å²) in [7, 11) is 0. The Hall–Kier alpha value is -2.09. The van der Waals surface area contributed by atoms with E-state index in [0.717, 1.165) is 16.4 Å². The van der Waals surface area contributed by atoms with Gasteiger partial charge in [0.2, 0.25) is 5.78 Å². The molecule has 19 heavy (non-hydrogen) atoms. The first kappa shape index (κ1) is 10.8. The molecule has 0 saturated carbocycles. The lowest BCUT2D eigenvalue weighted by Crippen LogP contribution is -2.26. The molecule has 1 aliphatic heterocycles. The molecule has 1 aliphatic rings. The average Bonchev–Trinajstić information content (AvgIpc) is 2.89. The van der Waals surface area contributed by atoms with Gasteiger partial charge in [0.15, 0.2) is 0 Å². The zero-order valence-electron chi connectivity index (χ0n) is 9.71. The van der Waals surface area contributed by atoms with Gasteiger partial charge in [0.25, 0.3) is 5.91 Å². The number of benzene rings is 2. The maximum absolute atomic E-state index is 11.8. The first-order valence-corrected chi connectivity index (χ1v) is 6.27. The van der Waals surface area contributed by atoms with Gasteiger partial charge in [-0.1, -0.05) is 18.2 Å². The molecule has 2 aromatic carbocycles. The summed E-state index contributed by atoms with van der Waals surface area (Å²) in [5, 5.41) is 1.88. The van der Waals surface area contributed by atoms with Crippen LogP contribution in [0.1, 0.15) is 10.4 Å². The first-order chi connectivity index (χ1) is 9.16. The summed E-state index contributed by atoms with van der Waals surface area (Å²) in [5.41, 5.74) is 2.40. The molecule has 0 aliphatic carbocycles. The van der Waals surface area contributed by atoms with Crippen LogP contribution in [0.5, 0.6) is 0 Å². The summed E-state index contributed by atoms with van der Waals surface area (Å²) >= 11 is 2.28. The Labute approximate surface area is 116 Å². The molecular weight excluding hydrogens is 257 g/mol. The average molecular weight is 263 g/mol. The molecule has 5 heteroatoms. The molecule has 0 atom stereocenters. The Balaban J connectivity index is 2.15. The van der Waals surface area contributed by atoms with E-state index >= 15 is 0 Å². The topological polar surface area (TPSA) is 50.5 Å². The zero-order chi connectivity index (χ0) is 13.1. The maximum atomic E-state index is 11.8. The van der Waals surface area contributed by atoms with Crippen molar-refractivity contribution in [3.63, 3.8) is 0 Å². The molecule has 2 radical (unpaired) electrons. The van der Waals surface area contributed by atoms with Gasteiger partial charge in [-0.25, -0.2) is 0 Å². The smallest absolute Gasteiger partial charge is 0.323 e. The number of hydrogen-bond acceptors (Lipinski definition) is 3.